The fourth-order valence-corrected chi connectivity index (χ4v) is 3.12. The zero-order valence-electron chi connectivity index (χ0n) is 15.0. The summed E-state index contributed by atoms with van der Waals surface area (Å²) in [6.45, 7) is 8.28. The summed E-state index contributed by atoms with van der Waals surface area (Å²) in [5.74, 6) is 3.33. The molecule has 24 heavy (non-hydrogen) atoms. The smallest absolute Gasteiger partial charge is 0.133 e. The van der Waals surface area contributed by atoms with E-state index >= 15 is 0 Å². The largest absolute Gasteiger partial charge is 0.356 e. The Labute approximate surface area is 144 Å². The van der Waals surface area contributed by atoms with Gasteiger partial charge in [0.05, 0.1) is 0 Å². The highest BCUT2D eigenvalue weighted by Gasteiger charge is 2.24. The van der Waals surface area contributed by atoms with Crippen LogP contribution in [0.3, 0.4) is 0 Å². The third kappa shape index (κ3) is 3.63. The van der Waals surface area contributed by atoms with Gasteiger partial charge >= 0.3 is 0 Å². The Morgan fingerprint density at radius 1 is 1.17 bits per heavy atom. The first-order chi connectivity index (χ1) is 11.5. The molecule has 6 heteroatoms. The van der Waals surface area contributed by atoms with Gasteiger partial charge in [-0.15, -0.1) is 0 Å². The van der Waals surface area contributed by atoms with E-state index in [1.54, 1.807) is 6.33 Å². The van der Waals surface area contributed by atoms with Crippen molar-refractivity contribution in [2.24, 2.45) is 0 Å². The molecular weight excluding hydrogens is 300 g/mol. The summed E-state index contributed by atoms with van der Waals surface area (Å²) in [7, 11) is 2.13. The van der Waals surface area contributed by atoms with Crippen molar-refractivity contribution in [3.63, 3.8) is 0 Å². The van der Waals surface area contributed by atoms with E-state index in [9.17, 15) is 0 Å². The number of aryl methyl sites for hydroxylation is 1. The molecule has 0 aliphatic carbocycles. The quantitative estimate of drug-likeness (QED) is 0.861. The second-order valence-electron chi connectivity index (χ2n) is 6.77. The minimum Gasteiger partial charge on any atom is -0.356 e. The van der Waals surface area contributed by atoms with Gasteiger partial charge in [-0.1, -0.05) is 13.8 Å². The standard InChI is InChI=1S/C18H26N6/c1-13(2)18-19-8-5-16(22-18)24-9-6-15(7-10-24)23(4)17-11-14(3)20-12-21-17/h5,8,11-13,15H,6-7,9-10H2,1-4H3. The monoisotopic (exact) mass is 326 g/mol. The number of hydrogen-bond acceptors (Lipinski definition) is 6. The van der Waals surface area contributed by atoms with Gasteiger partial charge in [0, 0.05) is 50.1 Å². The highest BCUT2D eigenvalue weighted by atomic mass is 15.2. The van der Waals surface area contributed by atoms with Crippen LogP contribution in [0.1, 0.15) is 44.1 Å². The van der Waals surface area contributed by atoms with Crippen LogP contribution >= 0.6 is 0 Å². The second kappa shape index (κ2) is 7.11. The molecule has 0 saturated carbocycles. The van der Waals surface area contributed by atoms with Crippen molar-refractivity contribution in [1.29, 1.82) is 0 Å². The van der Waals surface area contributed by atoms with Gasteiger partial charge in [-0.2, -0.15) is 0 Å². The lowest BCUT2D eigenvalue weighted by Crippen LogP contribution is -2.44. The Morgan fingerprint density at radius 2 is 1.92 bits per heavy atom. The SMILES string of the molecule is Cc1cc(N(C)C2CCN(c3ccnc(C(C)C)n3)CC2)ncn1. The van der Waals surface area contributed by atoms with Crippen LogP contribution in [-0.2, 0) is 0 Å². The first-order valence-electron chi connectivity index (χ1n) is 8.64. The van der Waals surface area contributed by atoms with Crippen molar-refractivity contribution in [2.45, 2.75) is 45.6 Å². The Balaban J connectivity index is 1.64. The highest BCUT2D eigenvalue weighted by molar-refractivity contribution is 5.42. The number of nitrogens with zero attached hydrogens (tertiary/aromatic N) is 6. The summed E-state index contributed by atoms with van der Waals surface area (Å²) < 4.78 is 0. The van der Waals surface area contributed by atoms with E-state index in [1.165, 1.54) is 0 Å². The molecule has 3 heterocycles. The molecule has 1 fully saturated rings. The molecule has 2 aromatic rings. The van der Waals surface area contributed by atoms with Gasteiger partial charge in [-0.25, -0.2) is 19.9 Å². The lowest BCUT2D eigenvalue weighted by atomic mass is 10.0. The van der Waals surface area contributed by atoms with Crippen molar-refractivity contribution in [1.82, 2.24) is 19.9 Å². The second-order valence-corrected chi connectivity index (χ2v) is 6.77. The summed E-state index contributed by atoms with van der Waals surface area (Å²) in [6, 6.07) is 4.57. The minimum absolute atomic E-state index is 0.356. The van der Waals surface area contributed by atoms with E-state index in [0.717, 1.165) is 49.1 Å². The van der Waals surface area contributed by atoms with Crippen molar-refractivity contribution < 1.29 is 0 Å². The maximum Gasteiger partial charge on any atom is 0.133 e. The highest BCUT2D eigenvalue weighted by Crippen LogP contribution is 2.24. The van der Waals surface area contributed by atoms with Gasteiger partial charge in [-0.3, -0.25) is 0 Å². The van der Waals surface area contributed by atoms with Crippen LogP contribution in [0.4, 0.5) is 11.6 Å². The summed E-state index contributed by atoms with van der Waals surface area (Å²) in [5, 5.41) is 0. The molecule has 2 aromatic heterocycles. The van der Waals surface area contributed by atoms with Crippen LogP contribution in [0.25, 0.3) is 0 Å². The third-order valence-electron chi connectivity index (χ3n) is 4.66. The topological polar surface area (TPSA) is 58.0 Å². The van der Waals surface area contributed by atoms with Crippen LogP contribution in [0.15, 0.2) is 24.7 Å². The predicted molar refractivity (Wildman–Crippen MR) is 96.5 cm³/mol. The van der Waals surface area contributed by atoms with E-state index in [0.29, 0.717) is 12.0 Å². The molecule has 3 rings (SSSR count). The van der Waals surface area contributed by atoms with Gasteiger partial charge < -0.3 is 9.80 Å². The molecule has 1 saturated heterocycles. The normalized spacial score (nSPS) is 15.8. The molecule has 128 valence electrons. The first kappa shape index (κ1) is 16.6. The Kier molecular flexibility index (Phi) is 4.92. The molecule has 0 N–H and O–H groups in total. The van der Waals surface area contributed by atoms with Crippen molar-refractivity contribution >= 4 is 11.6 Å². The van der Waals surface area contributed by atoms with E-state index in [-0.39, 0.29) is 0 Å². The Morgan fingerprint density at radius 3 is 2.58 bits per heavy atom. The van der Waals surface area contributed by atoms with E-state index in [4.69, 9.17) is 4.98 Å². The number of anilines is 2. The summed E-state index contributed by atoms with van der Waals surface area (Å²) in [6.07, 6.45) is 5.71. The first-order valence-corrected chi connectivity index (χ1v) is 8.64. The summed E-state index contributed by atoms with van der Waals surface area (Å²) in [5.41, 5.74) is 1.01. The van der Waals surface area contributed by atoms with Gasteiger partial charge in [0.15, 0.2) is 0 Å². The molecule has 1 aliphatic heterocycles. The lowest BCUT2D eigenvalue weighted by molar-refractivity contribution is 0.477. The fourth-order valence-electron chi connectivity index (χ4n) is 3.12. The number of aromatic nitrogens is 4. The Hall–Kier alpha value is -2.24. The van der Waals surface area contributed by atoms with Crippen LogP contribution < -0.4 is 9.80 Å². The van der Waals surface area contributed by atoms with Crippen molar-refractivity contribution in [3.8, 4) is 0 Å². The molecule has 0 aromatic carbocycles. The number of piperidine rings is 1. The van der Waals surface area contributed by atoms with Crippen molar-refractivity contribution in [2.75, 3.05) is 29.9 Å². The number of rotatable bonds is 4. The molecule has 0 unspecified atom stereocenters. The molecule has 0 atom stereocenters. The molecule has 0 spiro atoms. The van der Waals surface area contributed by atoms with E-state index in [1.807, 2.05) is 25.3 Å². The third-order valence-corrected chi connectivity index (χ3v) is 4.66. The Bertz CT molecular complexity index is 679. The summed E-state index contributed by atoms with van der Waals surface area (Å²) in [4.78, 5) is 22.3. The zero-order valence-corrected chi connectivity index (χ0v) is 15.0. The summed E-state index contributed by atoms with van der Waals surface area (Å²) >= 11 is 0. The van der Waals surface area contributed by atoms with E-state index < -0.39 is 0 Å². The average Bonchev–Trinajstić information content (AvgIpc) is 2.61. The van der Waals surface area contributed by atoms with Crippen LogP contribution in [0.5, 0.6) is 0 Å². The molecule has 1 aliphatic rings. The zero-order chi connectivity index (χ0) is 17.1. The molecule has 0 radical (unpaired) electrons. The van der Waals surface area contributed by atoms with Gasteiger partial charge in [0.25, 0.3) is 0 Å². The van der Waals surface area contributed by atoms with Crippen LogP contribution in [0, 0.1) is 6.92 Å². The van der Waals surface area contributed by atoms with Gasteiger partial charge in [-0.05, 0) is 25.8 Å². The van der Waals surface area contributed by atoms with Crippen molar-refractivity contribution in [3.05, 3.63) is 36.2 Å². The predicted octanol–water partition coefficient (Wildman–Crippen LogP) is 2.80. The van der Waals surface area contributed by atoms with Crippen LogP contribution in [0.2, 0.25) is 0 Å². The van der Waals surface area contributed by atoms with Crippen LogP contribution in [-0.4, -0.2) is 46.1 Å². The molecule has 0 bridgehead atoms. The van der Waals surface area contributed by atoms with Gasteiger partial charge in [0.1, 0.15) is 23.8 Å². The molecular formula is C18H26N6. The maximum absolute atomic E-state index is 4.72. The number of hydrogen-bond donors (Lipinski definition) is 0. The minimum atomic E-state index is 0.356. The average molecular weight is 326 g/mol. The molecule has 6 nitrogen and oxygen atoms in total. The van der Waals surface area contributed by atoms with Gasteiger partial charge in [0.2, 0.25) is 0 Å². The van der Waals surface area contributed by atoms with E-state index in [2.05, 4.69) is 45.6 Å². The lowest BCUT2D eigenvalue weighted by Gasteiger charge is -2.37. The maximum atomic E-state index is 4.72. The molecule has 0 amide bonds. The fraction of sp³-hybridized carbons (Fsp3) is 0.556.